The first-order valence-corrected chi connectivity index (χ1v) is 10.4. The van der Waals surface area contributed by atoms with Gasteiger partial charge in [-0.1, -0.05) is 96.8 Å². The Morgan fingerprint density at radius 3 is 1.67 bits per heavy atom. The third-order valence-electron chi connectivity index (χ3n) is 4.64. The number of nitrogens with two attached hydrogens (primary N) is 1. The number of quaternary nitrogens is 1. The summed E-state index contributed by atoms with van der Waals surface area (Å²) in [5.41, 5.74) is 0. The molecule has 0 heterocycles. The maximum Gasteiger partial charge on any atom is 0.116 e. The summed E-state index contributed by atoms with van der Waals surface area (Å²) in [6, 6.07) is 0. The Labute approximate surface area is 149 Å². The van der Waals surface area contributed by atoms with Gasteiger partial charge in [-0.05, 0) is 6.42 Å². The zero-order chi connectivity index (χ0) is 17.9. The van der Waals surface area contributed by atoms with E-state index in [4.69, 9.17) is 0 Å². The molecule has 144 valence electrons. The SMILES string of the molecule is CCCCCCCCCCCCCCCCC(O)C[NH2+]CC(=O)[O-]. The molecule has 24 heavy (non-hydrogen) atoms. The predicted octanol–water partition coefficient (Wildman–Crippen LogP) is 2.53. The van der Waals surface area contributed by atoms with Crippen molar-refractivity contribution in [2.45, 2.75) is 109 Å². The Morgan fingerprint density at radius 1 is 0.833 bits per heavy atom. The van der Waals surface area contributed by atoms with Crippen molar-refractivity contribution >= 4 is 5.97 Å². The average Bonchev–Trinajstić information content (AvgIpc) is 2.55. The Kier molecular flexibility index (Phi) is 18.2. The van der Waals surface area contributed by atoms with E-state index in [0.717, 1.165) is 12.8 Å². The minimum Gasteiger partial charge on any atom is -0.544 e. The van der Waals surface area contributed by atoms with Crippen molar-refractivity contribution in [3.05, 3.63) is 0 Å². The Bertz CT molecular complexity index is 272. The minimum atomic E-state index is -1.07. The minimum absolute atomic E-state index is 0.0597. The van der Waals surface area contributed by atoms with E-state index < -0.39 is 5.97 Å². The van der Waals surface area contributed by atoms with E-state index in [1.165, 1.54) is 83.5 Å². The van der Waals surface area contributed by atoms with E-state index >= 15 is 0 Å². The number of unbranched alkanes of at least 4 members (excludes halogenated alkanes) is 13. The van der Waals surface area contributed by atoms with Crippen LogP contribution in [-0.4, -0.2) is 30.3 Å². The molecular formula is C20H41NO3. The zero-order valence-electron chi connectivity index (χ0n) is 15.9. The molecule has 4 heteroatoms. The van der Waals surface area contributed by atoms with Crippen LogP contribution >= 0.6 is 0 Å². The van der Waals surface area contributed by atoms with Gasteiger partial charge in [-0.25, -0.2) is 0 Å². The molecule has 0 bridgehead atoms. The summed E-state index contributed by atoms with van der Waals surface area (Å²) in [7, 11) is 0. The molecule has 0 amide bonds. The number of aliphatic hydroxyl groups is 1. The van der Waals surface area contributed by atoms with Crippen LogP contribution in [0.25, 0.3) is 0 Å². The predicted molar refractivity (Wildman–Crippen MR) is 97.6 cm³/mol. The smallest absolute Gasteiger partial charge is 0.116 e. The van der Waals surface area contributed by atoms with Crippen molar-refractivity contribution in [3.63, 3.8) is 0 Å². The summed E-state index contributed by atoms with van der Waals surface area (Å²) in [5, 5.41) is 21.6. The lowest BCUT2D eigenvalue weighted by molar-refractivity contribution is -0.656. The third-order valence-corrected chi connectivity index (χ3v) is 4.64. The zero-order valence-corrected chi connectivity index (χ0v) is 15.9. The van der Waals surface area contributed by atoms with Gasteiger partial charge in [-0.15, -0.1) is 0 Å². The third kappa shape index (κ3) is 19.4. The molecule has 0 rings (SSSR count). The molecule has 0 aliphatic rings. The van der Waals surface area contributed by atoms with Crippen molar-refractivity contribution in [2.75, 3.05) is 13.1 Å². The molecule has 0 spiro atoms. The first-order chi connectivity index (χ1) is 11.7. The second-order valence-electron chi connectivity index (χ2n) is 7.14. The number of aliphatic carboxylic acids is 1. The highest BCUT2D eigenvalue weighted by Gasteiger charge is 2.05. The van der Waals surface area contributed by atoms with E-state index in [0.29, 0.717) is 6.54 Å². The molecule has 0 aliphatic heterocycles. The van der Waals surface area contributed by atoms with Gasteiger partial charge in [0.05, 0.1) is 5.97 Å². The van der Waals surface area contributed by atoms with Crippen LogP contribution in [0, 0.1) is 0 Å². The van der Waals surface area contributed by atoms with Gasteiger partial charge in [-0.3, -0.25) is 0 Å². The molecule has 0 aromatic carbocycles. The van der Waals surface area contributed by atoms with Crippen molar-refractivity contribution in [3.8, 4) is 0 Å². The molecule has 0 aliphatic carbocycles. The first-order valence-electron chi connectivity index (χ1n) is 10.4. The second-order valence-corrected chi connectivity index (χ2v) is 7.14. The molecule has 1 atom stereocenters. The quantitative estimate of drug-likeness (QED) is 0.354. The molecular weight excluding hydrogens is 302 g/mol. The molecule has 0 fully saturated rings. The number of carbonyl (C=O) groups excluding carboxylic acids is 1. The summed E-state index contributed by atoms with van der Waals surface area (Å²) in [6.45, 7) is 2.67. The summed E-state index contributed by atoms with van der Waals surface area (Å²) >= 11 is 0. The average molecular weight is 344 g/mol. The molecule has 1 unspecified atom stereocenters. The van der Waals surface area contributed by atoms with E-state index in [-0.39, 0.29) is 12.6 Å². The van der Waals surface area contributed by atoms with Crippen molar-refractivity contribution < 1.29 is 20.3 Å². The van der Waals surface area contributed by atoms with Gasteiger partial charge in [0.1, 0.15) is 19.2 Å². The van der Waals surface area contributed by atoms with Gasteiger partial charge in [0, 0.05) is 0 Å². The molecule has 0 aromatic heterocycles. The standard InChI is InChI=1S/C20H41NO3/c1-2-3-4-5-6-7-8-9-10-11-12-13-14-15-16-19(22)17-21-18-20(23)24/h19,21-22H,2-18H2,1H3,(H,23,24). The number of hydrogen-bond donors (Lipinski definition) is 2. The van der Waals surface area contributed by atoms with Crippen LogP contribution in [0.15, 0.2) is 0 Å². The fraction of sp³-hybridized carbons (Fsp3) is 0.950. The summed E-state index contributed by atoms with van der Waals surface area (Å²) < 4.78 is 0. The normalized spacial score (nSPS) is 12.4. The second kappa shape index (κ2) is 18.7. The lowest BCUT2D eigenvalue weighted by Crippen LogP contribution is -2.88. The van der Waals surface area contributed by atoms with Crippen molar-refractivity contribution in [1.82, 2.24) is 0 Å². The topological polar surface area (TPSA) is 77.0 Å². The molecule has 3 N–H and O–H groups in total. The number of hydrogen-bond acceptors (Lipinski definition) is 3. The number of carbonyl (C=O) groups is 1. The van der Waals surface area contributed by atoms with Gasteiger partial charge < -0.3 is 20.3 Å². The number of rotatable bonds is 19. The van der Waals surface area contributed by atoms with E-state index in [2.05, 4.69) is 6.92 Å². The largest absolute Gasteiger partial charge is 0.544 e. The van der Waals surface area contributed by atoms with E-state index in [1.807, 2.05) is 0 Å². The Hall–Kier alpha value is -0.610. The summed E-state index contributed by atoms with van der Waals surface area (Å²) in [6.07, 6.45) is 19.1. The van der Waals surface area contributed by atoms with Crippen molar-refractivity contribution in [2.24, 2.45) is 0 Å². The highest BCUT2D eigenvalue weighted by Crippen LogP contribution is 2.13. The first kappa shape index (κ1) is 23.4. The van der Waals surface area contributed by atoms with Crippen LogP contribution in [0.1, 0.15) is 103 Å². The Morgan fingerprint density at radius 2 is 1.25 bits per heavy atom. The fourth-order valence-corrected chi connectivity index (χ4v) is 3.09. The summed E-state index contributed by atoms with van der Waals surface area (Å²) in [5.74, 6) is -1.07. The number of carboxylic acid groups (broad SMARTS) is 1. The molecule has 0 aromatic rings. The van der Waals surface area contributed by atoms with Crippen LogP contribution in [0.3, 0.4) is 0 Å². The maximum absolute atomic E-state index is 10.3. The van der Waals surface area contributed by atoms with Crippen LogP contribution in [0.4, 0.5) is 0 Å². The molecule has 0 saturated carbocycles. The Balaban J connectivity index is 3.10. The van der Waals surface area contributed by atoms with E-state index in [1.54, 1.807) is 5.32 Å². The van der Waals surface area contributed by atoms with Gasteiger partial charge in [0.25, 0.3) is 0 Å². The maximum atomic E-state index is 10.3. The van der Waals surface area contributed by atoms with Gasteiger partial charge in [0.15, 0.2) is 0 Å². The molecule has 4 nitrogen and oxygen atoms in total. The molecule has 0 radical (unpaired) electrons. The highest BCUT2D eigenvalue weighted by atomic mass is 16.4. The van der Waals surface area contributed by atoms with Gasteiger partial charge in [0.2, 0.25) is 0 Å². The van der Waals surface area contributed by atoms with Crippen LogP contribution < -0.4 is 10.4 Å². The van der Waals surface area contributed by atoms with Crippen LogP contribution in [0.5, 0.6) is 0 Å². The monoisotopic (exact) mass is 343 g/mol. The van der Waals surface area contributed by atoms with Crippen molar-refractivity contribution in [1.29, 1.82) is 0 Å². The van der Waals surface area contributed by atoms with Gasteiger partial charge in [-0.2, -0.15) is 0 Å². The van der Waals surface area contributed by atoms with E-state index in [9.17, 15) is 15.0 Å². The molecule has 0 saturated heterocycles. The summed E-state index contributed by atoms with van der Waals surface area (Å²) in [4.78, 5) is 10.3. The lowest BCUT2D eigenvalue weighted by Gasteiger charge is -2.09. The van der Waals surface area contributed by atoms with Gasteiger partial charge >= 0.3 is 0 Å². The lowest BCUT2D eigenvalue weighted by atomic mass is 10.0. The van der Waals surface area contributed by atoms with Crippen LogP contribution in [-0.2, 0) is 4.79 Å². The van der Waals surface area contributed by atoms with Crippen LogP contribution in [0.2, 0.25) is 0 Å². The highest BCUT2D eigenvalue weighted by molar-refractivity contribution is 5.64. The fourth-order valence-electron chi connectivity index (χ4n) is 3.09. The number of carboxylic acids is 1. The number of aliphatic hydroxyl groups excluding tert-OH is 1.